The summed E-state index contributed by atoms with van der Waals surface area (Å²) < 4.78 is 13.4. The van der Waals surface area contributed by atoms with Gasteiger partial charge in [0.2, 0.25) is 11.5 Å². The second kappa shape index (κ2) is 18.6. The Labute approximate surface area is 352 Å². The van der Waals surface area contributed by atoms with Gasteiger partial charge in [-0.1, -0.05) is 70.4 Å². The van der Waals surface area contributed by atoms with Crippen molar-refractivity contribution in [2.24, 2.45) is 11.8 Å². The number of hydrogen-bond acceptors (Lipinski definition) is 8. The van der Waals surface area contributed by atoms with E-state index in [4.69, 9.17) is 9.16 Å². The molecule has 8 rings (SSSR count). The van der Waals surface area contributed by atoms with E-state index in [1.165, 1.54) is 18.1 Å². The number of rotatable bonds is 15. The van der Waals surface area contributed by atoms with Gasteiger partial charge in [0.05, 0.1) is 17.0 Å². The molecule has 11 heteroatoms. The molecule has 0 radical (unpaired) electrons. The summed E-state index contributed by atoms with van der Waals surface area (Å²) >= 11 is 0. The Hall–Kier alpha value is -3.51. The highest BCUT2D eigenvalue weighted by molar-refractivity contribution is 6.74. The average molecular weight is 827 g/mol. The number of nitrogens with zero attached hydrogens (tertiary/aromatic N) is 2. The first-order valence-electron chi connectivity index (χ1n) is 22.8. The molecule has 2 bridgehead atoms. The number of phenols is 1. The number of piperidine rings is 4. The smallest absolute Gasteiger partial charge is 0.316 e. The third-order valence-electron chi connectivity index (χ3n) is 14.8. The van der Waals surface area contributed by atoms with Gasteiger partial charge in [0.15, 0.2) is 8.32 Å². The average Bonchev–Trinajstić information content (AvgIpc) is 3.23. The predicted molar refractivity (Wildman–Crippen MR) is 237 cm³/mol. The van der Waals surface area contributed by atoms with Crippen LogP contribution < -0.4 is 10.9 Å². The van der Waals surface area contributed by atoms with Crippen molar-refractivity contribution in [3.05, 3.63) is 75.6 Å². The Morgan fingerprint density at radius 1 is 0.983 bits per heavy atom. The highest BCUT2D eigenvalue weighted by atomic mass is 28.4. The first kappa shape index (κ1) is 43.6. The number of ether oxygens (including phenoxy) is 1. The van der Waals surface area contributed by atoms with E-state index in [1.54, 1.807) is 12.1 Å². The normalized spacial score (nSPS) is 23.0. The number of benzene rings is 2. The Morgan fingerprint density at radius 3 is 2.42 bits per heavy atom. The van der Waals surface area contributed by atoms with Crippen molar-refractivity contribution >= 4 is 31.1 Å². The number of phenolic OH excluding ortho intramolecular Hbond substituents is 1. The summed E-state index contributed by atoms with van der Waals surface area (Å²) in [4.78, 5) is 46.9. The van der Waals surface area contributed by atoms with Crippen LogP contribution in [0, 0.1) is 11.8 Å². The van der Waals surface area contributed by atoms with Crippen LogP contribution in [0.25, 0.3) is 10.9 Å². The van der Waals surface area contributed by atoms with E-state index in [0.717, 1.165) is 126 Å². The van der Waals surface area contributed by atoms with E-state index >= 15 is 0 Å². The molecule has 2 aromatic carbocycles. The maximum Gasteiger partial charge on any atom is 0.316 e. The van der Waals surface area contributed by atoms with Crippen LogP contribution in [0.4, 0.5) is 0 Å². The van der Waals surface area contributed by atoms with Gasteiger partial charge in [0.25, 0.3) is 0 Å². The number of aromatic nitrogens is 1. The largest absolute Gasteiger partial charge is 0.506 e. The topological polar surface area (TPSA) is 124 Å². The van der Waals surface area contributed by atoms with Crippen LogP contribution in [0.3, 0.4) is 0 Å². The minimum atomic E-state index is -2.16. The van der Waals surface area contributed by atoms with Crippen molar-refractivity contribution in [3.8, 4) is 5.75 Å². The SMILES string of the molecule is CC(C)(C)[Si](C)(C)O[C@H](CNCCC1CCN(C(=O)CCCc2cccc(C3(C(=O)O[C@H]4CN5CCC4CC5)CCCCC3)c2)CC1)c1ccc(O)c2[nH]c(=O)ccc12. The number of nitrogens with one attached hydrogen (secondary N) is 2. The Morgan fingerprint density at radius 2 is 1.73 bits per heavy atom. The lowest BCUT2D eigenvalue weighted by Crippen LogP contribution is -2.53. The number of amides is 1. The molecule has 1 saturated carbocycles. The number of aryl methyl sites for hydroxylation is 1. The van der Waals surface area contributed by atoms with Gasteiger partial charge in [0, 0.05) is 44.1 Å². The fraction of sp³-hybridized carbons (Fsp3) is 0.646. The van der Waals surface area contributed by atoms with Gasteiger partial charge in [-0.15, -0.1) is 0 Å². The Balaban J connectivity index is 0.874. The van der Waals surface area contributed by atoms with Gasteiger partial charge in [-0.05, 0) is 136 Å². The molecule has 3 aromatic rings. The van der Waals surface area contributed by atoms with E-state index in [9.17, 15) is 19.5 Å². The number of carbonyl (C=O) groups excluding carboxylic acids is 2. The third kappa shape index (κ3) is 10.2. The molecule has 5 fully saturated rings. The van der Waals surface area contributed by atoms with Crippen molar-refractivity contribution in [1.29, 1.82) is 0 Å². The predicted octanol–water partition coefficient (Wildman–Crippen LogP) is 8.38. The van der Waals surface area contributed by atoms with Gasteiger partial charge in [0.1, 0.15) is 11.9 Å². The summed E-state index contributed by atoms with van der Waals surface area (Å²) in [5.41, 5.74) is 2.90. The van der Waals surface area contributed by atoms with E-state index in [0.29, 0.717) is 30.3 Å². The standard InChI is InChI=1S/C48H70N4O6Si/c1-47(2,3)59(4,5)58-41(38-15-17-40(53)45-39(38)16-18-43(54)50-45)32-49-26-19-34-20-29-52(30-21-34)44(55)14-10-12-35-11-9-13-37(31-35)48(24-7-6-8-25-48)46(56)57-42-33-51-27-22-36(42)23-28-51/h9,11,13,15-18,31,34,36,41-42,49,53H,6-8,10,12,14,19-30,32-33H2,1-5H3,(H,50,54)/t41-,42+/m1/s1. The highest BCUT2D eigenvalue weighted by Gasteiger charge is 2.46. The monoisotopic (exact) mass is 827 g/mol. The third-order valence-corrected chi connectivity index (χ3v) is 19.3. The lowest BCUT2D eigenvalue weighted by atomic mass is 9.69. The minimum absolute atomic E-state index is 0.00954. The quantitative estimate of drug-likeness (QED) is 0.0794. The number of pyridine rings is 1. The summed E-state index contributed by atoms with van der Waals surface area (Å²) in [6, 6.07) is 15.5. The van der Waals surface area contributed by atoms with Gasteiger partial charge >= 0.3 is 5.97 Å². The van der Waals surface area contributed by atoms with Crippen molar-refractivity contribution in [2.45, 2.75) is 140 Å². The van der Waals surface area contributed by atoms with E-state index in [1.807, 2.05) is 6.07 Å². The molecule has 4 saturated heterocycles. The van der Waals surface area contributed by atoms with Crippen LogP contribution in [-0.2, 0) is 30.6 Å². The van der Waals surface area contributed by atoms with Crippen LogP contribution in [0.5, 0.6) is 5.75 Å². The fourth-order valence-corrected chi connectivity index (χ4v) is 11.3. The van der Waals surface area contributed by atoms with E-state index < -0.39 is 13.7 Å². The number of aromatic hydroxyl groups is 1. The molecule has 5 heterocycles. The molecular weight excluding hydrogens is 757 g/mol. The molecule has 0 unspecified atom stereocenters. The van der Waals surface area contributed by atoms with Gasteiger partial charge in [-0.25, -0.2) is 0 Å². The summed E-state index contributed by atoms with van der Waals surface area (Å²) in [6.07, 6.45) is 12.3. The van der Waals surface area contributed by atoms with Gasteiger partial charge < -0.3 is 29.5 Å². The molecular formula is C48H70N4O6Si. The molecule has 0 spiro atoms. The number of fused-ring (bicyclic) bond motifs is 4. The Kier molecular flexibility index (Phi) is 13.8. The molecule has 3 N–H and O–H groups in total. The molecule has 1 aliphatic carbocycles. The van der Waals surface area contributed by atoms with Crippen LogP contribution in [-0.4, -0.2) is 92.0 Å². The number of H-pyrrole nitrogens is 1. The molecule has 322 valence electrons. The van der Waals surface area contributed by atoms with E-state index in [2.05, 4.69) is 78.2 Å². The minimum Gasteiger partial charge on any atom is -0.506 e. The summed E-state index contributed by atoms with van der Waals surface area (Å²) in [5.74, 6) is 1.35. The fourth-order valence-electron chi connectivity index (χ4n) is 9.98. The second-order valence-corrected chi connectivity index (χ2v) is 24.5. The van der Waals surface area contributed by atoms with Gasteiger partial charge in [-0.3, -0.25) is 19.3 Å². The molecule has 4 aliphatic heterocycles. The number of esters is 1. The van der Waals surface area contributed by atoms with Crippen molar-refractivity contribution < 1.29 is 23.9 Å². The van der Waals surface area contributed by atoms with Crippen molar-refractivity contribution in [2.75, 3.05) is 45.8 Å². The number of likely N-dealkylation sites (tertiary alicyclic amines) is 1. The van der Waals surface area contributed by atoms with E-state index in [-0.39, 0.29) is 40.4 Å². The number of hydrogen-bond donors (Lipinski definition) is 3. The molecule has 1 amide bonds. The lowest BCUT2D eigenvalue weighted by molar-refractivity contribution is -0.167. The maximum atomic E-state index is 14.1. The lowest BCUT2D eigenvalue weighted by Gasteiger charge is -2.45. The summed E-state index contributed by atoms with van der Waals surface area (Å²) in [5, 5.41) is 15.0. The maximum absolute atomic E-state index is 14.1. The van der Waals surface area contributed by atoms with Crippen LogP contribution >= 0.6 is 0 Å². The van der Waals surface area contributed by atoms with Crippen molar-refractivity contribution in [3.63, 3.8) is 0 Å². The number of aromatic amines is 1. The van der Waals surface area contributed by atoms with Gasteiger partial charge in [-0.2, -0.15) is 0 Å². The zero-order chi connectivity index (χ0) is 41.8. The molecule has 5 aliphatic rings. The van der Waals surface area contributed by atoms with Crippen LogP contribution in [0.2, 0.25) is 18.1 Å². The first-order valence-corrected chi connectivity index (χ1v) is 25.7. The summed E-state index contributed by atoms with van der Waals surface area (Å²) in [7, 11) is -2.16. The molecule has 10 nitrogen and oxygen atoms in total. The molecule has 2 atom stereocenters. The summed E-state index contributed by atoms with van der Waals surface area (Å²) in [6.45, 7) is 17.4. The zero-order valence-electron chi connectivity index (χ0n) is 36.5. The van der Waals surface area contributed by atoms with Crippen LogP contribution in [0.15, 0.2) is 53.3 Å². The molecule has 1 aromatic heterocycles. The first-order chi connectivity index (χ1) is 28.2. The number of carbonyl (C=O) groups is 2. The van der Waals surface area contributed by atoms with Crippen molar-refractivity contribution in [1.82, 2.24) is 20.1 Å². The Bertz CT molecular complexity index is 1970. The molecule has 59 heavy (non-hydrogen) atoms. The second-order valence-electron chi connectivity index (χ2n) is 19.7. The highest BCUT2D eigenvalue weighted by Crippen LogP contribution is 2.43. The zero-order valence-corrected chi connectivity index (χ0v) is 37.5. The van der Waals surface area contributed by atoms with Crippen LogP contribution in [0.1, 0.15) is 121 Å².